The van der Waals surface area contributed by atoms with Gasteiger partial charge in [-0.3, -0.25) is 0 Å². The Labute approximate surface area is 133 Å². The largest absolute Gasteiger partial charge is 0.315 e. The first-order valence-electron chi connectivity index (χ1n) is 6.51. The standard InChI is InChI=1S/C14H20BrClN2S/c1-17-13(14-9-19-6-5-18(14)2)7-10-3-4-11(15)8-12(10)16/h3-4,8,13-14,17H,5-7,9H2,1-2H3. The van der Waals surface area contributed by atoms with Crippen molar-refractivity contribution in [3.63, 3.8) is 0 Å². The maximum atomic E-state index is 6.33. The third-order valence-corrected chi connectivity index (χ3v) is 5.63. The summed E-state index contributed by atoms with van der Waals surface area (Å²) in [5.74, 6) is 2.43. The number of hydrogen-bond donors (Lipinski definition) is 1. The highest BCUT2D eigenvalue weighted by molar-refractivity contribution is 9.10. The van der Waals surface area contributed by atoms with Gasteiger partial charge in [0.15, 0.2) is 0 Å². The van der Waals surface area contributed by atoms with Crippen molar-refractivity contribution in [2.45, 2.75) is 18.5 Å². The van der Waals surface area contributed by atoms with E-state index in [2.05, 4.69) is 45.3 Å². The average molecular weight is 364 g/mol. The molecule has 5 heteroatoms. The SMILES string of the molecule is CNC(Cc1ccc(Br)cc1Cl)C1CSCCN1C. The molecule has 1 aromatic rings. The second kappa shape index (κ2) is 7.32. The summed E-state index contributed by atoms with van der Waals surface area (Å²) >= 11 is 11.8. The van der Waals surface area contributed by atoms with Crippen LogP contribution in [0.3, 0.4) is 0 Å². The first kappa shape index (κ1) is 15.6. The molecule has 2 nitrogen and oxygen atoms in total. The molecule has 0 bridgehead atoms. The van der Waals surface area contributed by atoms with Crippen LogP contribution in [0.4, 0.5) is 0 Å². The molecule has 1 aliphatic rings. The van der Waals surface area contributed by atoms with Gasteiger partial charge >= 0.3 is 0 Å². The van der Waals surface area contributed by atoms with E-state index in [-0.39, 0.29) is 0 Å². The van der Waals surface area contributed by atoms with E-state index in [1.165, 1.54) is 23.6 Å². The van der Waals surface area contributed by atoms with E-state index in [0.29, 0.717) is 12.1 Å². The van der Waals surface area contributed by atoms with E-state index >= 15 is 0 Å². The summed E-state index contributed by atoms with van der Waals surface area (Å²) in [6, 6.07) is 7.17. The second-order valence-electron chi connectivity index (χ2n) is 4.96. The summed E-state index contributed by atoms with van der Waals surface area (Å²) < 4.78 is 1.03. The fourth-order valence-electron chi connectivity index (χ4n) is 2.48. The predicted molar refractivity (Wildman–Crippen MR) is 89.4 cm³/mol. The average Bonchev–Trinajstić information content (AvgIpc) is 2.39. The first-order valence-corrected chi connectivity index (χ1v) is 8.83. The van der Waals surface area contributed by atoms with Crippen molar-refractivity contribution in [1.29, 1.82) is 0 Å². The quantitative estimate of drug-likeness (QED) is 0.884. The Kier molecular flexibility index (Phi) is 6.03. The van der Waals surface area contributed by atoms with Crippen molar-refractivity contribution in [3.8, 4) is 0 Å². The number of benzene rings is 1. The molecule has 0 spiro atoms. The van der Waals surface area contributed by atoms with Crippen LogP contribution in [0.1, 0.15) is 5.56 Å². The molecule has 0 radical (unpaired) electrons. The Bertz CT molecular complexity index is 430. The number of hydrogen-bond acceptors (Lipinski definition) is 3. The molecule has 1 saturated heterocycles. The highest BCUT2D eigenvalue weighted by Gasteiger charge is 2.27. The summed E-state index contributed by atoms with van der Waals surface area (Å²) in [4.78, 5) is 2.46. The number of halogens is 2. The van der Waals surface area contributed by atoms with Crippen molar-refractivity contribution >= 4 is 39.3 Å². The maximum Gasteiger partial charge on any atom is 0.0449 e. The lowest BCUT2D eigenvalue weighted by atomic mass is 9.99. The fraction of sp³-hybridized carbons (Fsp3) is 0.571. The van der Waals surface area contributed by atoms with E-state index in [4.69, 9.17) is 11.6 Å². The van der Waals surface area contributed by atoms with Gasteiger partial charge in [-0.2, -0.15) is 11.8 Å². The van der Waals surface area contributed by atoms with Crippen molar-refractivity contribution in [1.82, 2.24) is 10.2 Å². The number of thioether (sulfide) groups is 1. The zero-order valence-corrected chi connectivity index (χ0v) is 14.5. The highest BCUT2D eigenvalue weighted by atomic mass is 79.9. The van der Waals surface area contributed by atoms with Crippen LogP contribution in [0.5, 0.6) is 0 Å². The molecule has 2 unspecified atom stereocenters. The summed E-state index contributed by atoms with van der Waals surface area (Å²) in [6.45, 7) is 1.17. The van der Waals surface area contributed by atoms with Crippen LogP contribution in [0.2, 0.25) is 5.02 Å². The van der Waals surface area contributed by atoms with Crippen LogP contribution in [0.15, 0.2) is 22.7 Å². The topological polar surface area (TPSA) is 15.3 Å². The van der Waals surface area contributed by atoms with Crippen LogP contribution in [-0.4, -0.2) is 49.1 Å². The van der Waals surface area contributed by atoms with E-state index in [9.17, 15) is 0 Å². The normalized spacial score (nSPS) is 22.4. The molecule has 106 valence electrons. The lowest BCUT2D eigenvalue weighted by Crippen LogP contribution is -2.52. The molecule has 1 aliphatic heterocycles. The highest BCUT2D eigenvalue weighted by Crippen LogP contribution is 2.25. The zero-order valence-electron chi connectivity index (χ0n) is 11.3. The minimum Gasteiger partial charge on any atom is -0.315 e. The van der Waals surface area contributed by atoms with Gasteiger partial charge in [0.05, 0.1) is 0 Å². The molecule has 1 fully saturated rings. The van der Waals surface area contributed by atoms with E-state index in [0.717, 1.165) is 15.9 Å². The predicted octanol–water partition coefficient (Wildman–Crippen LogP) is 3.28. The number of rotatable bonds is 4. The van der Waals surface area contributed by atoms with E-state index in [1.54, 1.807) is 0 Å². The van der Waals surface area contributed by atoms with Gasteiger partial charge in [0, 0.05) is 39.6 Å². The Hall–Kier alpha value is 0.260. The number of nitrogens with zero attached hydrogens (tertiary/aromatic N) is 1. The Balaban J connectivity index is 2.09. The molecule has 1 heterocycles. The van der Waals surface area contributed by atoms with Crippen LogP contribution in [-0.2, 0) is 6.42 Å². The Morgan fingerprint density at radius 1 is 1.58 bits per heavy atom. The zero-order chi connectivity index (χ0) is 13.8. The molecule has 1 N–H and O–H groups in total. The molecule has 2 atom stereocenters. The van der Waals surface area contributed by atoms with Crippen molar-refractivity contribution in [2.75, 3.05) is 32.1 Å². The summed E-state index contributed by atoms with van der Waals surface area (Å²) in [5, 5.41) is 4.32. The van der Waals surface area contributed by atoms with Crippen molar-refractivity contribution < 1.29 is 0 Å². The second-order valence-corrected chi connectivity index (χ2v) is 7.43. The molecule has 0 amide bonds. The van der Waals surface area contributed by atoms with Gasteiger partial charge in [-0.1, -0.05) is 33.6 Å². The Morgan fingerprint density at radius 2 is 2.37 bits per heavy atom. The van der Waals surface area contributed by atoms with Crippen molar-refractivity contribution in [3.05, 3.63) is 33.3 Å². The third kappa shape index (κ3) is 4.11. The molecular formula is C14H20BrClN2S. The van der Waals surface area contributed by atoms with Gasteiger partial charge in [-0.25, -0.2) is 0 Å². The first-order chi connectivity index (χ1) is 9.11. The molecule has 1 aromatic carbocycles. The molecule has 0 saturated carbocycles. The number of nitrogens with one attached hydrogen (secondary N) is 1. The number of likely N-dealkylation sites (N-methyl/N-ethyl adjacent to an activating group) is 2. The monoisotopic (exact) mass is 362 g/mol. The minimum atomic E-state index is 0.441. The lowest BCUT2D eigenvalue weighted by molar-refractivity contribution is 0.219. The summed E-state index contributed by atoms with van der Waals surface area (Å²) in [5.41, 5.74) is 1.22. The summed E-state index contributed by atoms with van der Waals surface area (Å²) in [6.07, 6.45) is 0.970. The van der Waals surface area contributed by atoms with Crippen LogP contribution in [0.25, 0.3) is 0 Å². The molecule has 0 aliphatic carbocycles. The Morgan fingerprint density at radius 3 is 3.00 bits per heavy atom. The van der Waals surface area contributed by atoms with Crippen LogP contribution in [0, 0.1) is 0 Å². The van der Waals surface area contributed by atoms with Crippen LogP contribution < -0.4 is 5.32 Å². The van der Waals surface area contributed by atoms with Gasteiger partial charge in [0.1, 0.15) is 0 Å². The molecule has 19 heavy (non-hydrogen) atoms. The van der Waals surface area contributed by atoms with E-state index < -0.39 is 0 Å². The molecule has 2 rings (SSSR count). The van der Waals surface area contributed by atoms with Gasteiger partial charge < -0.3 is 10.2 Å². The lowest BCUT2D eigenvalue weighted by Gasteiger charge is -2.37. The molecule has 0 aromatic heterocycles. The van der Waals surface area contributed by atoms with Gasteiger partial charge in [-0.05, 0) is 38.2 Å². The van der Waals surface area contributed by atoms with E-state index in [1.807, 2.05) is 24.9 Å². The smallest absolute Gasteiger partial charge is 0.0449 e. The summed E-state index contributed by atoms with van der Waals surface area (Å²) in [7, 11) is 4.27. The fourth-order valence-corrected chi connectivity index (χ4v) is 4.55. The van der Waals surface area contributed by atoms with Crippen molar-refractivity contribution in [2.24, 2.45) is 0 Å². The third-order valence-electron chi connectivity index (χ3n) is 3.73. The molecular weight excluding hydrogens is 344 g/mol. The maximum absolute atomic E-state index is 6.33. The van der Waals surface area contributed by atoms with Gasteiger partial charge in [0.25, 0.3) is 0 Å². The van der Waals surface area contributed by atoms with Gasteiger partial charge in [0.2, 0.25) is 0 Å². The van der Waals surface area contributed by atoms with Crippen LogP contribution >= 0.6 is 39.3 Å². The minimum absolute atomic E-state index is 0.441. The van der Waals surface area contributed by atoms with Gasteiger partial charge in [-0.15, -0.1) is 0 Å².